The van der Waals surface area contributed by atoms with E-state index in [0.717, 1.165) is 0 Å². The number of nitrogens with two attached hydrogens (primary N) is 1. The number of carboxylic acid groups (broad SMARTS) is 1. The van der Waals surface area contributed by atoms with Gasteiger partial charge in [0, 0.05) is 11.0 Å². The number of aromatic nitrogens is 4. The van der Waals surface area contributed by atoms with Gasteiger partial charge in [-0.05, 0) is 0 Å². The number of aliphatic hydroxyl groups excluding tert-OH is 1. The summed E-state index contributed by atoms with van der Waals surface area (Å²) in [5.74, 6) is -1.45. The molecule has 0 spiro atoms. The Hall–Kier alpha value is -2.13. The van der Waals surface area contributed by atoms with Crippen molar-refractivity contribution in [2.75, 3.05) is 18.9 Å². The lowest BCUT2D eigenvalue weighted by Crippen LogP contribution is -2.39. The fourth-order valence-corrected chi connectivity index (χ4v) is 4.11. The largest absolute Gasteiger partial charge is 0.694 e. The molecule has 1 aliphatic heterocycles. The van der Waals surface area contributed by atoms with Gasteiger partial charge in [0.2, 0.25) is 0 Å². The third-order valence-corrected chi connectivity index (χ3v) is 5.79. The van der Waals surface area contributed by atoms with Crippen LogP contribution in [0.25, 0.3) is 11.2 Å². The van der Waals surface area contributed by atoms with Crippen LogP contribution in [0.4, 0.5) is 5.82 Å². The molecule has 0 aliphatic carbocycles. The van der Waals surface area contributed by atoms with E-state index in [2.05, 4.69) is 19.5 Å². The van der Waals surface area contributed by atoms with Gasteiger partial charge < -0.3 is 25.6 Å². The van der Waals surface area contributed by atoms with Gasteiger partial charge in [-0.25, -0.2) is 24.6 Å². The number of ether oxygens (including phenoxy) is 1. The van der Waals surface area contributed by atoms with E-state index in [1.807, 2.05) is 0 Å². The number of anilines is 1. The van der Waals surface area contributed by atoms with E-state index in [9.17, 15) is 23.9 Å². The molecule has 1 fully saturated rings. The van der Waals surface area contributed by atoms with Crippen LogP contribution in [0, 0.1) is 0 Å². The molecular weight excluding hydrogens is 462 g/mol. The zero-order valence-electron chi connectivity index (χ0n) is 15.6. The van der Waals surface area contributed by atoms with E-state index >= 15 is 0 Å². The summed E-state index contributed by atoms with van der Waals surface area (Å²) in [5, 5.41) is 21.1. The molecule has 3 heterocycles. The van der Waals surface area contributed by atoms with Crippen molar-refractivity contribution < 1.29 is 47.7 Å². The molecule has 0 saturated carbocycles. The molecular formula is C13H19N6O10P2+. The number of nitrogen functional groups attached to an aromatic ring is 1. The highest BCUT2D eigenvalue weighted by molar-refractivity contribution is 7.50. The minimum atomic E-state index is -4.70. The number of aliphatic hydroxyl groups is 1. The van der Waals surface area contributed by atoms with Crippen LogP contribution in [0.3, 0.4) is 0 Å². The fourth-order valence-electron chi connectivity index (χ4n) is 2.83. The van der Waals surface area contributed by atoms with Crippen LogP contribution in [0.1, 0.15) is 12.6 Å². The highest BCUT2D eigenvalue weighted by Gasteiger charge is 2.39. The topological polar surface area (TPSA) is 241 Å². The van der Waals surface area contributed by atoms with Crippen LogP contribution in [0.5, 0.6) is 0 Å². The Bertz CT molecular complexity index is 1020. The van der Waals surface area contributed by atoms with Crippen molar-refractivity contribution >= 4 is 39.0 Å². The molecule has 2 aromatic rings. The summed E-state index contributed by atoms with van der Waals surface area (Å²) in [6.45, 7) is -1.43. The second kappa shape index (κ2) is 9.56. The molecule has 18 heteroatoms. The summed E-state index contributed by atoms with van der Waals surface area (Å²) in [6.07, 6.45) is -0.116. The highest BCUT2D eigenvalue weighted by atomic mass is 31.2. The van der Waals surface area contributed by atoms with Crippen molar-refractivity contribution in [2.24, 2.45) is 0 Å². The molecule has 3 unspecified atom stereocenters. The molecule has 3 rings (SSSR count). The van der Waals surface area contributed by atoms with Gasteiger partial charge in [-0.1, -0.05) is 0 Å². The summed E-state index contributed by atoms with van der Waals surface area (Å²) in [4.78, 5) is 41.5. The number of carboxylic acids is 1. The molecule has 2 aromatic heterocycles. The second-order valence-corrected chi connectivity index (χ2v) is 8.68. The number of aliphatic carboxylic acids is 1. The maximum absolute atomic E-state index is 12.1. The number of nitrogens with zero attached hydrogens (tertiary/aromatic N) is 4. The van der Waals surface area contributed by atoms with Crippen molar-refractivity contribution in [2.45, 2.75) is 30.9 Å². The average molecular weight is 481 g/mol. The minimum absolute atomic E-state index is 0.0850. The zero-order valence-corrected chi connectivity index (χ0v) is 17.4. The first-order valence-electron chi connectivity index (χ1n) is 8.61. The van der Waals surface area contributed by atoms with E-state index in [-0.39, 0.29) is 12.2 Å². The standard InChI is InChI=1S/C13H18N6O10P2/c14-11-10-12(16-4-15-11)19(5-17-10)9-1-7(20)8(29-9)3-28-31(25,26)18-6(13(21)22)2-27-30(23)24/h4-9,20H,1-3H2,(H5-,14,15,16,18,21,22,23,24,25,26)/p+1/t6-,7?,8+,9+/m0/s1. The summed E-state index contributed by atoms with van der Waals surface area (Å²) < 4.78 is 38.9. The van der Waals surface area contributed by atoms with E-state index in [1.165, 1.54) is 17.2 Å². The average Bonchev–Trinajstić information content (AvgIpc) is 3.27. The lowest BCUT2D eigenvalue weighted by molar-refractivity contribution is -0.139. The summed E-state index contributed by atoms with van der Waals surface area (Å²) in [7, 11) is -7.80. The number of fused-ring (bicyclic) bond motifs is 1. The molecule has 0 aromatic carbocycles. The molecule has 0 bridgehead atoms. The Balaban J connectivity index is 1.61. The van der Waals surface area contributed by atoms with Gasteiger partial charge >= 0.3 is 22.0 Å². The Morgan fingerprint density at radius 3 is 2.90 bits per heavy atom. The van der Waals surface area contributed by atoms with Crippen LogP contribution >= 0.6 is 16.0 Å². The fraction of sp³-hybridized carbons (Fsp3) is 0.538. The Kier molecular flexibility index (Phi) is 7.26. The number of hydrogen-bond donors (Lipinski definition) is 6. The number of nitrogens with one attached hydrogen (secondary N) is 1. The second-order valence-electron chi connectivity index (χ2n) is 6.38. The Morgan fingerprint density at radius 2 is 2.23 bits per heavy atom. The zero-order chi connectivity index (χ0) is 22.8. The molecule has 1 saturated heterocycles. The number of imidazole rings is 1. The van der Waals surface area contributed by atoms with Gasteiger partial charge in [0.1, 0.15) is 36.8 Å². The Morgan fingerprint density at radius 1 is 1.48 bits per heavy atom. The van der Waals surface area contributed by atoms with Crippen LogP contribution in [0.2, 0.25) is 0 Å². The van der Waals surface area contributed by atoms with Crippen LogP contribution < -0.4 is 10.8 Å². The van der Waals surface area contributed by atoms with Gasteiger partial charge in [-0.15, -0.1) is 9.42 Å². The van der Waals surface area contributed by atoms with E-state index in [4.69, 9.17) is 25.0 Å². The SMILES string of the molecule is Nc1ncnc2c1ncn2[C@H]1CC(O)[C@@H](COP(=O)(O)N[C@@H](CO[P+](=O)O)C(=O)O)O1. The number of carbonyl (C=O) groups is 1. The quantitative estimate of drug-likeness (QED) is 0.220. The molecule has 1 aliphatic rings. The van der Waals surface area contributed by atoms with Crippen LogP contribution in [-0.4, -0.2) is 77.0 Å². The first kappa shape index (κ1) is 23.5. The molecule has 6 atom stereocenters. The van der Waals surface area contributed by atoms with Crippen molar-refractivity contribution in [3.05, 3.63) is 12.7 Å². The maximum Gasteiger partial charge on any atom is 0.694 e. The normalized spacial score (nSPS) is 24.7. The molecule has 170 valence electrons. The minimum Gasteiger partial charge on any atom is -0.480 e. The Labute approximate surface area is 174 Å². The van der Waals surface area contributed by atoms with E-state index in [1.54, 1.807) is 5.09 Å². The van der Waals surface area contributed by atoms with Gasteiger partial charge in [-0.3, -0.25) is 13.9 Å². The molecule has 16 nitrogen and oxygen atoms in total. The van der Waals surface area contributed by atoms with Gasteiger partial charge in [0.05, 0.1) is 19.0 Å². The molecule has 31 heavy (non-hydrogen) atoms. The predicted octanol–water partition coefficient (Wildman–Crippen LogP) is -1.12. The smallest absolute Gasteiger partial charge is 0.480 e. The lowest BCUT2D eigenvalue weighted by atomic mass is 10.2. The first-order valence-corrected chi connectivity index (χ1v) is 11.3. The summed E-state index contributed by atoms with van der Waals surface area (Å²) in [5.41, 5.74) is 6.44. The molecule has 0 amide bonds. The van der Waals surface area contributed by atoms with E-state index in [0.29, 0.717) is 11.2 Å². The van der Waals surface area contributed by atoms with Crippen molar-refractivity contribution in [3.63, 3.8) is 0 Å². The third kappa shape index (κ3) is 5.77. The number of hydrogen-bond acceptors (Lipinski definition) is 11. The lowest BCUT2D eigenvalue weighted by Gasteiger charge is -2.20. The molecule has 0 radical (unpaired) electrons. The molecule has 7 N–H and O–H groups in total. The van der Waals surface area contributed by atoms with Crippen LogP contribution in [0.15, 0.2) is 12.7 Å². The van der Waals surface area contributed by atoms with Gasteiger partial charge in [0.15, 0.2) is 11.5 Å². The van der Waals surface area contributed by atoms with E-state index < -0.39 is 59.7 Å². The summed E-state index contributed by atoms with van der Waals surface area (Å²) >= 11 is 0. The maximum atomic E-state index is 12.1. The number of rotatable bonds is 10. The van der Waals surface area contributed by atoms with Gasteiger partial charge in [-0.2, -0.15) is 0 Å². The van der Waals surface area contributed by atoms with Crippen molar-refractivity contribution in [1.82, 2.24) is 24.6 Å². The predicted molar refractivity (Wildman–Crippen MR) is 100 cm³/mol. The monoisotopic (exact) mass is 481 g/mol. The van der Waals surface area contributed by atoms with Crippen LogP contribution in [-0.2, 0) is 27.7 Å². The first-order chi connectivity index (χ1) is 14.6. The van der Waals surface area contributed by atoms with Crippen molar-refractivity contribution in [3.8, 4) is 0 Å². The summed E-state index contributed by atoms with van der Waals surface area (Å²) in [6, 6.07) is -1.80. The third-order valence-electron chi connectivity index (χ3n) is 4.28. The highest BCUT2D eigenvalue weighted by Crippen LogP contribution is 2.40. The van der Waals surface area contributed by atoms with Gasteiger partial charge in [0.25, 0.3) is 0 Å². The van der Waals surface area contributed by atoms with Crippen molar-refractivity contribution in [1.29, 1.82) is 0 Å².